The van der Waals surface area contributed by atoms with E-state index in [9.17, 15) is 19.3 Å². The second-order valence-corrected chi connectivity index (χ2v) is 6.82. The van der Waals surface area contributed by atoms with Crippen LogP contribution in [0.1, 0.15) is 6.92 Å². The molecule has 1 N–H and O–H groups in total. The largest absolute Gasteiger partial charge is 0.461 e. The number of halogens is 1. The first kappa shape index (κ1) is 18.6. The summed E-state index contributed by atoms with van der Waals surface area (Å²) in [4.78, 5) is 22.3. The van der Waals surface area contributed by atoms with Gasteiger partial charge >= 0.3 is 5.69 Å². The Morgan fingerprint density at radius 2 is 2.19 bits per heavy atom. The highest BCUT2D eigenvalue weighted by Crippen LogP contribution is 2.27. The molecular weight excluding hydrogens is 377 g/mol. The highest BCUT2D eigenvalue weighted by atomic mass is 32.2. The van der Waals surface area contributed by atoms with Crippen molar-refractivity contribution >= 4 is 29.0 Å². The maximum absolute atomic E-state index is 13.4. The number of furan rings is 1. The number of amides is 1. The van der Waals surface area contributed by atoms with Crippen LogP contribution in [-0.4, -0.2) is 30.8 Å². The maximum atomic E-state index is 13.4. The smallest absolute Gasteiger partial charge is 0.306 e. The van der Waals surface area contributed by atoms with Crippen molar-refractivity contribution in [2.24, 2.45) is 7.05 Å². The van der Waals surface area contributed by atoms with Gasteiger partial charge in [-0.25, -0.2) is 0 Å². The number of nitro groups is 1. The molecule has 1 amide bonds. The molecule has 1 aromatic carbocycles. The van der Waals surface area contributed by atoms with Crippen molar-refractivity contribution in [2.75, 3.05) is 5.32 Å². The molecule has 0 aliphatic heterocycles. The van der Waals surface area contributed by atoms with Crippen molar-refractivity contribution in [3.63, 3.8) is 0 Å². The fourth-order valence-electron chi connectivity index (χ4n) is 2.22. The minimum absolute atomic E-state index is 0.134. The maximum Gasteiger partial charge on any atom is 0.306 e. The van der Waals surface area contributed by atoms with E-state index in [0.717, 1.165) is 23.9 Å². The van der Waals surface area contributed by atoms with Crippen LogP contribution in [0, 0.1) is 15.9 Å². The van der Waals surface area contributed by atoms with Gasteiger partial charge in [0.25, 0.3) is 0 Å². The molecule has 140 valence electrons. The summed E-state index contributed by atoms with van der Waals surface area (Å²) in [6, 6.07) is 6.64. The molecular formula is C16H14FN5O4S. The normalized spacial score (nSPS) is 12.0. The van der Waals surface area contributed by atoms with Crippen molar-refractivity contribution in [1.29, 1.82) is 0 Å². The van der Waals surface area contributed by atoms with Gasteiger partial charge in [-0.3, -0.25) is 14.9 Å². The number of benzene rings is 1. The first-order valence-electron chi connectivity index (χ1n) is 7.71. The Bertz CT molecular complexity index is 989. The molecule has 3 aromatic rings. The summed E-state index contributed by atoms with van der Waals surface area (Å²) in [5.74, 6) is -0.315. The molecule has 0 saturated heterocycles. The van der Waals surface area contributed by atoms with Crippen LogP contribution >= 0.6 is 11.8 Å². The summed E-state index contributed by atoms with van der Waals surface area (Å²) in [5.41, 5.74) is -0.570. The number of nitro benzene ring substituents is 1. The summed E-state index contributed by atoms with van der Waals surface area (Å²) in [5, 5.41) is 21.3. The van der Waals surface area contributed by atoms with Gasteiger partial charge in [0.1, 0.15) is 0 Å². The summed E-state index contributed by atoms with van der Waals surface area (Å²) in [7, 11) is 1.74. The van der Waals surface area contributed by atoms with Crippen LogP contribution in [0.5, 0.6) is 0 Å². The number of nitrogens with one attached hydrogen (secondary N) is 1. The molecule has 9 nitrogen and oxygen atoms in total. The first-order chi connectivity index (χ1) is 12.9. The summed E-state index contributed by atoms with van der Waals surface area (Å²) in [6.45, 7) is 1.65. The minimum atomic E-state index is -0.968. The molecule has 1 atom stereocenters. The predicted molar refractivity (Wildman–Crippen MR) is 95.7 cm³/mol. The zero-order valence-corrected chi connectivity index (χ0v) is 15.1. The van der Waals surface area contributed by atoms with Gasteiger partial charge in [0, 0.05) is 18.8 Å². The van der Waals surface area contributed by atoms with Gasteiger partial charge in [-0.15, -0.1) is 10.2 Å². The Hall–Kier alpha value is -3.21. The standard InChI is InChI=1S/C16H14FN5O4S/c1-9(15(23)18-10-5-6-11(17)12(8-10)22(24)25)27-16-20-19-14(21(16)2)13-4-3-7-26-13/h3-9H,1-2H3,(H,18,23). The van der Waals surface area contributed by atoms with E-state index in [2.05, 4.69) is 15.5 Å². The SMILES string of the molecule is CC(Sc1nnc(-c2ccco2)n1C)C(=O)Nc1ccc(F)c([N+](=O)[O-])c1. The predicted octanol–water partition coefficient (Wildman–Crippen LogP) is 3.24. The van der Waals surface area contributed by atoms with Crippen LogP contribution in [0.3, 0.4) is 0 Å². The number of thioether (sulfide) groups is 1. The van der Waals surface area contributed by atoms with E-state index in [1.165, 1.54) is 12.3 Å². The van der Waals surface area contributed by atoms with Crippen LogP contribution in [0.4, 0.5) is 15.8 Å². The fraction of sp³-hybridized carbons (Fsp3) is 0.188. The van der Waals surface area contributed by atoms with Crippen molar-refractivity contribution in [1.82, 2.24) is 14.8 Å². The van der Waals surface area contributed by atoms with Gasteiger partial charge in [0.05, 0.1) is 16.4 Å². The lowest BCUT2D eigenvalue weighted by Crippen LogP contribution is -2.23. The monoisotopic (exact) mass is 391 g/mol. The number of hydrogen-bond acceptors (Lipinski definition) is 7. The zero-order valence-electron chi connectivity index (χ0n) is 14.2. The Morgan fingerprint density at radius 1 is 1.41 bits per heavy atom. The van der Waals surface area contributed by atoms with Crippen molar-refractivity contribution in [2.45, 2.75) is 17.3 Å². The second kappa shape index (κ2) is 7.58. The van der Waals surface area contributed by atoms with Crippen LogP contribution in [0.15, 0.2) is 46.2 Å². The van der Waals surface area contributed by atoms with E-state index >= 15 is 0 Å². The van der Waals surface area contributed by atoms with Crippen LogP contribution < -0.4 is 5.32 Å². The molecule has 0 spiro atoms. The summed E-state index contributed by atoms with van der Waals surface area (Å²) < 4.78 is 20.4. The van der Waals surface area contributed by atoms with Crippen LogP contribution in [0.25, 0.3) is 11.6 Å². The van der Waals surface area contributed by atoms with Crippen LogP contribution in [0.2, 0.25) is 0 Å². The quantitative estimate of drug-likeness (QED) is 0.389. The lowest BCUT2D eigenvalue weighted by Gasteiger charge is -2.11. The van der Waals surface area contributed by atoms with Gasteiger partial charge in [-0.1, -0.05) is 11.8 Å². The molecule has 1 unspecified atom stereocenters. The Kier molecular flexibility index (Phi) is 5.21. The molecule has 0 bridgehead atoms. The minimum Gasteiger partial charge on any atom is -0.461 e. The van der Waals surface area contributed by atoms with Gasteiger partial charge < -0.3 is 14.3 Å². The third-order valence-electron chi connectivity index (χ3n) is 3.64. The average Bonchev–Trinajstić information content (AvgIpc) is 3.27. The molecule has 0 aliphatic rings. The number of rotatable bonds is 6. The molecule has 0 radical (unpaired) electrons. The van der Waals surface area contributed by atoms with E-state index in [4.69, 9.17) is 4.42 Å². The molecule has 3 rings (SSSR count). The summed E-state index contributed by atoms with van der Waals surface area (Å²) >= 11 is 1.16. The third-order valence-corrected chi connectivity index (χ3v) is 4.77. The molecule has 0 fully saturated rings. The third kappa shape index (κ3) is 3.97. The first-order valence-corrected chi connectivity index (χ1v) is 8.59. The Morgan fingerprint density at radius 3 is 2.85 bits per heavy atom. The van der Waals surface area contributed by atoms with Gasteiger partial charge in [-0.05, 0) is 31.2 Å². The Labute approximate surface area is 156 Å². The van der Waals surface area contributed by atoms with Gasteiger partial charge in [0.2, 0.25) is 11.7 Å². The number of anilines is 1. The highest BCUT2D eigenvalue weighted by molar-refractivity contribution is 8.00. The van der Waals surface area contributed by atoms with E-state index in [1.807, 2.05) is 0 Å². The number of hydrogen-bond donors (Lipinski definition) is 1. The second-order valence-electron chi connectivity index (χ2n) is 5.52. The van der Waals surface area contributed by atoms with E-state index in [0.29, 0.717) is 16.7 Å². The molecule has 11 heteroatoms. The number of carbonyl (C=O) groups excluding carboxylic acids is 1. The van der Waals surface area contributed by atoms with E-state index < -0.39 is 27.6 Å². The van der Waals surface area contributed by atoms with E-state index in [1.54, 1.807) is 30.7 Å². The number of nitrogens with zero attached hydrogens (tertiary/aromatic N) is 4. The molecule has 0 aliphatic carbocycles. The van der Waals surface area contributed by atoms with Crippen LogP contribution in [-0.2, 0) is 11.8 Å². The molecule has 2 heterocycles. The molecule has 27 heavy (non-hydrogen) atoms. The number of aromatic nitrogens is 3. The molecule has 2 aromatic heterocycles. The van der Waals surface area contributed by atoms with Crippen molar-refractivity contribution in [3.05, 3.63) is 52.5 Å². The lowest BCUT2D eigenvalue weighted by molar-refractivity contribution is -0.387. The topological polar surface area (TPSA) is 116 Å². The van der Waals surface area contributed by atoms with Gasteiger partial charge in [-0.2, -0.15) is 4.39 Å². The molecule has 0 saturated carbocycles. The highest BCUT2D eigenvalue weighted by Gasteiger charge is 2.21. The zero-order chi connectivity index (χ0) is 19.6. The van der Waals surface area contributed by atoms with Gasteiger partial charge in [0.15, 0.2) is 16.7 Å². The average molecular weight is 391 g/mol. The van der Waals surface area contributed by atoms with E-state index in [-0.39, 0.29) is 5.69 Å². The Balaban J connectivity index is 1.70. The lowest BCUT2D eigenvalue weighted by atomic mass is 10.2. The van der Waals surface area contributed by atoms with Crippen molar-refractivity contribution in [3.8, 4) is 11.6 Å². The number of carbonyl (C=O) groups is 1. The fourth-order valence-corrected chi connectivity index (χ4v) is 3.04. The van der Waals surface area contributed by atoms with Crippen molar-refractivity contribution < 1.29 is 18.5 Å². The summed E-state index contributed by atoms with van der Waals surface area (Å²) in [6.07, 6.45) is 1.52.